The molecule has 4 heterocycles. The molecule has 53 heavy (non-hydrogen) atoms. The van der Waals surface area contributed by atoms with Gasteiger partial charge in [-0.1, -0.05) is 75.2 Å². The molecule has 0 unspecified atom stereocenters. The summed E-state index contributed by atoms with van der Waals surface area (Å²) in [7, 11) is 0. The second-order valence-electron chi connectivity index (χ2n) is 15.3. The van der Waals surface area contributed by atoms with Gasteiger partial charge in [-0.25, -0.2) is 9.69 Å². The van der Waals surface area contributed by atoms with Gasteiger partial charge in [-0.3, -0.25) is 0 Å². The Hall–Kier alpha value is -4.53. The van der Waals surface area contributed by atoms with Gasteiger partial charge in [0, 0.05) is 0 Å². The van der Waals surface area contributed by atoms with E-state index in [1.165, 1.54) is 38.8 Å². The van der Waals surface area contributed by atoms with Gasteiger partial charge in [-0.05, 0) is 150 Å². The van der Waals surface area contributed by atoms with Gasteiger partial charge in [-0.2, -0.15) is 5.06 Å². The van der Waals surface area contributed by atoms with Crippen LogP contribution in [0.2, 0.25) is 0 Å². The highest BCUT2D eigenvalue weighted by Crippen LogP contribution is 2.52. The molecule has 2 fully saturated rings. The summed E-state index contributed by atoms with van der Waals surface area (Å²) in [6.07, 6.45) is 10.9. The van der Waals surface area contributed by atoms with Gasteiger partial charge in [0.2, 0.25) is 0 Å². The van der Waals surface area contributed by atoms with Gasteiger partial charge >= 0.3 is 6.09 Å². The number of ether oxygens (including phenoxy) is 2. The van der Waals surface area contributed by atoms with E-state index in [2.05, 4.69) is 47.9 Å². The maximum Gasteiger partial charge on any atom is 0.444 e. The fraction of sp³-hybridized carbons (Fsp3) is 0.444. The van der Waals surface area contributed by atoms with Crippen LogP contribution in [0, 0.1) is 11.8 Å². The van der Waals surface area contributed by atoms with E-state index >= 15 is 0 Å². The van der Waals surface area contributed by atoms with E-state index in [1.54, 1.807) is 9.96 Å². The number of carbonyl (C=O) groups is 1. The smallest absolute Gasteiger partial charge is 0.444 e. The molecular weight excluding hydrogens is 661 g/mol. The number of likely N-dealkylation sites (tertiary alicyclic amines) is 2. The number of fused-ring (bicyclic) bond motifs is 4. The number of hydrogen-bond acceptors (Lipinski definition) is 7. The molecule has 0 atom stereocenters. The lowest BCUT2D eigenvalue weighted by Crippen LogP contribution is -2.37. The first-order valence-electron chi connectivity index (χ1n) is 20.1. The molecule has 0 spiro atoms. The van der Waals surface area contributed by atoms with Gasteiger partial charge in [-0.15, -0.1) is 0 Å². The lowest BCUT2D eigenvalue weighted by atomic mass is 9.89. The molecule has 0 saturated carbocycles. The van der Waals surface area contributed by atoms with Gasteiger partial charge in [0.1, 0.15) is 11.4 Å². The van der Waals surface area contributed by atoms with Crippen LogP contribution in [0.1, 0.15) is 76.3 Å². The van der Waals surface area contributed by atoms with Crippen LogP contribution in [0.3, 0.4) is 0 Å². The molecule has 1 amide bonds. The number of nitrogens with zero attached hydrogens (tertiary/aromatic N) is 4. The molecule has 4 aliphatic heterocycles. The van der Waals surface area contributed by atoms with Crippen molar-refractivity contribution < 1.29 is 19.1 Å². The van der Waals surface area contributed by atoms with E-state index in [1.807, 2.05) is 60.7 Å². The van der Waals surface area contributed by atoms with Crippen molar-refractivity contribution >= 4 is 28.8 Å². The second-order valence-corrected chi connectivity index (χ2v) is 15.3. The number of carbonyl (C=O) groups excluding carboxylic acids is 1. The van der Waals surface area contributed by atoms with Crippen LogP contribution in [-0.4, -0.2) is 55.2 Å². The number of unbranched alkanes of at least 4 members (excludes halogenated alkanes) is 2. The Morgan fingerprint density at radius 1 is 0.604 bits per heavy atom. The number of anilines is 4. The third-order valence-corrected chi connectivity index (χ3v) is 11.7. The Bertz CT molecular complexity index is 1880. The summed E-state index contributed by atoms with van der Waals surface area (Å²) in [5.74, 6) is 3.74. The summed E-state index contributed by atoms with van der Waals surface area (Å²) in [5, 5.41) is 1.73. The second kappa shape index (κ2) is 16.2. The Labute approximate surface area is 315 Å². The molecule has 8 nitrogen and oxygen atoms in total. The summed E-state index contributed by atoms with van der Waals surface area (Å²) < 4.78 is 13.0. The minimum absolute atomic E-state index is 0.481. The van der Waals surface area contributed by atoms with Crippen molar-refractivity contribution in [2.24, 2.45) is 11.8 Å². The number of rotatable bonds is 11. The summed E-state index contributed by atoms with van der Waals surface area (Å²) in [6.45, 7) is 11.4. The van der Waals surface area contributed by atoms with Gasteiger partial charge in [0.05, 0.1) is 11.4 Å². The third kappa shape index (κ3) is 7.62. The Morgan fingerprint density at radius 3 is 1.64 bits per heavy atom. The van der Waals surface area contributed by atoms with Gasteiger partial charge < -0.3 is 24.1 Å². The molecule has 8 heteroatoms. The van der Waals surface area contributed by atoms with Crippen molar-refractivity contribution in [3.63, 3.8) is 0 Å². The first-order valence-corrected chi connectivity index (χ1v) is 20.1. The molecule has 0 aromatic heterocycles. The largest absolute Gasteiger partial charge is 0.453 e. The lowest BCUT2D eigenvalue weighted by Gasteiger charge is -2.37. The molecule has 4 aromatic rings. The first-order chi connectivity index (χ1) is 26.1. The van der Waals surface area contributed by atoms with E-state index in [0.29, 0.717) is 46.2 Å². The minimum Gasteiger partial charge on any atom is -0.453 e. The van der Waals surface area contributed by atoms with Crippen LogP contribution in [0.15, 0.2) is 84.9 Å². The molecule has 0 bridgehead atoms. The highest BCUT2D eigenvalue weighted by Gasteiger charge is 2.38. The summed E-state index contributed by atoms with van der Waals surface area (Å²) in [5.41, 5.74) is 5.20. The standard InChI is InChI=1S/C45H54N4O4/c1-3-5-25-46-27-21-33(22-28-46)31-35-13-11-19-41-43(35)48(37-15-7-9-17-39(37)51-41)45(50)53-49-38-16-8-10-18-40(38)52-42-20-12-14-36(44(42)49)32-34-23-29-47(30-24-34)26-6-4-2/h7-20,33-34H,3-6,21-32H2,1-2H3. The highest BCUT2D eigenvalue weighted by atomic mass is 16.7. The third-order valence-electron chi connectivity index (χ3n) is 11.7. The normalized spacial score (nSPS) is 17.6. The van der Waals surface area contributed by atoms with Crippen molar-refractivity contribution in [1.29, 1.82) is 0 Å². The van der Waals surface area contributed by atoms with Crippen molar-refractivity contribution in [2.45, 2.75) is 78.1 Å². The molecule has 2 saturated heterocycles. The molecule has 4 aromatic carbocycles. The number of amides is 1. The van der Waals surface area contributed by atoms with Crippen molar-refractivity contribution in [3.05, 3.63) is 96.1 Å². The Balaban J connectivity index is 1.10. The predicted octanol–water partition coefficient (Wildman–Crippen LogP) is 11.0. The average molecular weight is 715 g/mol. The quantitative estimate of drug-likeness (QED) is 0.153. The summed E-state index contributed by atoms with van der Waals surface area (Å²) in [6, 6.07) is 28.0. The molecule has 278 valence electrons. The monoisotopic (exact) mass is 714 g/mol. The summed E-state index contributed by atoms with van der Waals surface area (Å²) >= 11 is 0. The van der Waals surface area contributed by atoms with Gasteiger partial charge in [0.25, 0.3) is 0 Å². The van der Waals surface area contributed by atoms with Crippen molar-refractivity contribution in [3.8, 4) is 23.0 Å². The highest BCUT2D eigenvalue weighted by molar-refractivity contribution is 6.02. The fourth-order valence-corrected chi connectivity index (χ4v) is 8.65. The van der Waals surface area contributed by atoms with E-state index in [9.17, 15) is 4.79 Å². The molecule has 0 N–H and O–H groups in total. The van der Waals surface area contributed by atoms with Crippen LogP contribution in [-0.2, 0) is 17.7 Å². The zero-order valence-electron chi connectivity index (χ0n) is 31.5. The SMILES string of the molecule is CCCCN1CCC(Cc2cccc3c2N(OC(=O)N2c4ccccc4Oc4cccc(CC5CCN(CCCC)CC5)c42)c2ccccc2O3)CC1. The maximum absolute atomic E-state index is 15.0. The van der Waals surface area contributed by atoms with Crippen LogP contribution in [0.5, 0.6) is 23.0 Å². The average Bonchev–Trinajstić information content (AvgIpc) is 3.19. The zero-order valence-corrected chi connectivity index (χ0v) is 31.5. The number of piperidine rings is 2. The van der Waals surface area contributed by atoms with E-state index in [4.69, 9.17) is 14.3 Å². The topological polar surface area (TPSA) is 57.7 Å². The van der Waals surface area contributed by atoms with Crippen molar-refractivity contribution in [1.82, 2.24) is 9.80 Å². The Kier molecular flexibility index (Phi) is 10.9. The fourth-order valence-electron chi connectivity index (χ4n) is 8.65. The van der Waals surface area contributed by atoms with Crippen LogP contribution >= 0.6 is 0 Å². The molecule has 4 aliphatic rings. The molecule has 0 aliphatic carbocycles. The van der Waals surface area contributed by atoms with Gasteiger partial charge in [0.15, 0.2) is 23.0 Å². The number of hydrogen-bond donors (Lipinski definition) is 0. The van der Waals surface area contributed by atoms with E-state index in [-0.39, 0.29) is 0 Å². The predicted molar refractivity (Wildman–Crippen MR) is 212 cm³/mol. The van der Waals surface area contributed by atoms with Crippen LogP contribution in [0.25, 0.3) is 0 Å². The van der Waals surface area contributed by atoms with Crippen molar-refractivity contribution in [2.75, 3.05) is 49.2 Å². The summed E-state index contributed by atoms with van der Waals surface area (Å²) in [4.78, 5) is 28.6. The number of para-hydroxylation sites is 6. The minimum atomic E-state index is -0.481. The van der Waals surface area contributed by atoms with Crippen LogP contribution < -0.4 is 19.4 Å². The number of benzene rings is 4. The maximum atomic E-state index is 15.0. The zero-order chi connectivity index (χ0) is 36.1. The first kappa shape index (κ1) is 35.5. The molecule has 0 radical (unpaired) electrons. The Morgan fingerprint density at radius 2 is 1.08 bits per heavy atom. The molecular formula is C45H54N4O4. The van der Waals surface area contributed by atoms with E-state index in [0.717, 1.165) is 87.2 Å². The molecule has 8 rings (SSSR count). The lowest BCUT2D eigenvalue weighted by molar-refractivity contribution is 0.153. The van der Waals surface area contributed by atoms with Crippen LogP contribution in [0.4, 0.5) is 27.5 Å². The van der Waals surface area contributed by atoms with E-state index < -0.39 is 6.09 Å².